The van der Waals surface area contributed by atoms with Gasteiger partial charge in [0.1, 0.15) is 0 Å². The minimum Gasteiger partial charge on any atom is -0.305 e. The molecule has 2 aromatic heterocycles. The molecule has 0 fully saturated rings. The SMILES string of the molecule is CCCNC(c1ccsc1)c1ncccc1CC. The molecule has 0 aliphatic carbocycles. The molecule has 1 atom stereocenters. The van der Waals surface area contributed by atoms with Crippen LogP contribution in [0.4, 0.5) is 0 Å². The van der Waals surface area contributed by atoms with Crippen LogP contribution in [0, 0.1) is 0 Å². The van der Waals surface area contributed by atoms with Gasteiger partial charge in [-0.1, -0.05) is 19.9 Å². The maximum absolute atomic E-state index is 4.60. The van der Waals surface area contributed by atoms with Gasteiger partial charge in [-0.2, -0.15) is 11.3 Å². The molecule has 2 rings (SSSR count). The highest BCUT2D eigenvalue weighted by atomic mass is 32.1. The Kier molecular flexibility index (Phi) is 4.90. The maximum atomic E-state index is 4.60. The molecule has 2 nitrogen and oxygen atoms in total. The van der Waals surface area contributed by atoms with E-state index >= 15 is 0 Å². The molecule has 1 N–H and O–H groups in total. The molecule has 0 aromatic carbocycles. The molecule has 3 heteroatoms. The van der Waals surface area contributed by atoms with Crippen molar-refractivity contribution in [2.45, 2.75) is 32.7 Å². The first-order valence-electron chi connectivity index (χ1n) is 6.56. The molecular formula is C15H20N2S. The molecule has 0 amide bonds. The number of hydrogen-bond acceptors (Lipinski definition) is 3. The van der Waals surface area contributed by atoms with Crippen LogP contribution >= 0.6 is 11.3 Å². The van der Waals surface area contributed by atoms with Crippen LogP contribution in [0.15, 0.2) is 35.2 Å². The van der Waals surface area contributed by atoms with Gasteiger partial charge >= 0.3 is 0 Å². The summed E-state index contributed by atoms with van der Waals surface area (Å²) in [6, 6.07) is 6.61. The number of aromatic nitrogens is 1. The summed E-state index contributed by atoms with van der Waals surface area (Å²) in [7, 11) is 0. The predicted molar refractivity (Wildman–Crippen MR) is 78.1 cm³/mol. The molecule has 0 saturated heterocycles. The van der Waals surface area contributed by atoms with Crippen LogP contribution in [0.2, 0.25) is 0 Å². The number of rotatable bonds is 6. The number of hydrogen-bond donors (Lipinski definition) is 1. The summed E-state index contributed by atoms with van der Waals surface area (Å²) in [6.07, 6.45) is 4.05. The first-order chi connectivity index (χ1) is 8.86. The van der Waals surface area contributed by atoms with Crippen molar-refractivity contribution >= 4 is 11.3 Å². The third-order valence-electron chi connectivity index (χ3n) is 3.06. The molecule has 2 heterocycles. The largest absolute Gasteiger partial charge is 0.305 e. The molecule has 2 aromatic rings. The molecule has 18 heavy (non-hydrogen) atoms. The van der Waals surface area contributed by atoms with Gasteiger partial charge in [-0.25, -0.2) is 0 Å². The van der Waals surface area contributed by atoms with Crippen molar-refractivity contribution in [1.29, 1.82) is 0 Å². The number of pyridine rings is 1. The fraction of sp³-hybridized carbons (Fsp3) is 0.400. The molecule has 0 saturated carbocycles. The van der Waals surface area contributed by atoms with E-state index in [9.17, 15) is 0 Å². The van der Waals surface area contributed by atoms with Crippen molar-refractivity contribution in [3.63, 3.8) is 0 Å². The second kappa shape index (κ2) is 6.66. The van der Waals surface area contributed by atoms with Gasteiger partial charge in [0.25, 0.3) is 0 Å². The van der Waals surface area contributed by atoms with Crippen LogP contribution in [-0.4, -0.2) is 11.5 Å². The molecule has 0 radical (unpaired) electrons. The molecule has 0 spiro atoms. The highest BCUT2D eigenvalue weighted by Crippen LogP contribution is 2.25. The number of thiophene rings is 1. The molecule has 1 unspecified atom stereocenters. The van der Waals surface area contributed by atoms with Gasteiger partial charge in [-0.15, -0.1) is 0 Å². The van der Waals surface area contributed by atoms with Gasteiger partial charge in [0.05, 0.1) is 11.7 Å². The van der Waals surface area contributed by atoms with Crippen molar-refractivity contribution in [2.75, 3.05) is 6.54 Å². The lowest BCUT2D eigenvalue weighted by Crippen LogP contribution is -2.24. The zero-order valence-corrected chi connectivity index (χ0v) is 11.8. The van der Waals surface area contributed by atoms with Crippen molar-refractivity contribution < 1.29 is 0 Å². The van der Waals surface area contributed by atoms with Crippen LogP contribution in [0.5, 0.6) is 0 Å². The Bertz CT molecular complexity index is 465. The molecule has 0 aliphatic heterocycles. The van der Waals surface area contributed by atoms with Crippen LogP contribution in [0.3, 0.4) is 0 Å². The average Bonchev–Trinajstić information content (AvgIpc) is 2.94. The van der Waals surface area contributed by atoms with E-state index < -0.39 is 0 Å². The van der Waals surface area contributed by atoms with E-state index in [2.05, 4.69) is 47.0 Å². The molecule has 0 bridgehead atoms. The van der Waals surface area contributed by atoms with Crippen LogP contribution < -0.4 is 5.32 Å². The van der Waals surface area contributed by atoms with Crippen molar-refractivity contribution in [3.8, 4) is 0 Å². The average molecular weight is 260 g/mol. The Labute approximate surface area is 113 Å². The van der Waals surface area contributed by atoms with E-state index in [0.717, 1.165) is 19.4 Å². The lowest BCUT2D eigenvalue weighted by Gasteiger charge is -2.19. The van der Waals surface area contributed by atoms with Gasteiger partial charge in [0, 0.05) is 6.20 Å². The highest BCUT2D eigenvalue weighted by Gasteiger charge is 2.17. The maximum Gasteiger partial charge on any atom is 0.0762 e. The first-order valence-corrected chi connectivity index (χ1v) is 7.50. The van der Waals surface area contributed by atoms with Gasteiger partial charge in [-0.05, 0) is 53.4 Å². The Balaban J connectivity index is 2.33. The van der Waals surface area contributed by atoms with Crippen LogP contribution in [-0.2, 0) is 6.42 Å². The third kappa shape index (κ3) is 2.98. The standard InChI is InChI=1S/C15H20N2S/c1-3-8-16-15(13-7-10-18-11-13)14-12(4-2)6-5-9-17-14/h5-7,9-11,15-16H,3-4,8H2,1-2H3. The normalized spacial score (nSPS) is 12.6. The first kappa shape index (κ1) is 13.2. The minimum absolute atomic E-state index is 0.229. The van der Waals surface area contributed by atoms with Gasteiger partial charge in [-0.3, -0.25) is 4.98 Å². The Morgan fingerprint density at radius 1 is 1.33 bits per heavy atom. The summed E-state index contributed by atoms with van der Waals surface area (Å²) < 4.78 is 0. The Morgan fingerprint density at radius 3 is 2.89 bits per heavy atom. The van der Waals surface area contributed by atoms with Crippen molar-refractivity contribution in [3.05, 3.63) is 52.0 Å². The topological polar surface area (TPSA) is 24.9 Å². The highest BCUT2D eigenvalue weighted by molar-refractivity contribution is 7.08. The fourth-order valence-electron chi connectivity index (χ4n) is 2.11. The third-order valence-corrected chi connectivity index (χ3v) is 3.76. The lowest BCUT2D eigenvalue weighted by atomic mass is 10.0. The summed E-state index contributed by atoms with van der Waals surface area (Å²) >= 11 is 1.74. The summed E-state index contributed by atoms with van der Waals surface area (Å²) in [5, 5.41) is 7.95. The molecule has 96 valence electrons. The van der Waals surface area contributed by atoms with E-state index in [4.69, 9.17) is 0 Å². The van der Waals surface area contributed by atoms with Gasteiger partial charge in [0.2, 0.25) is 0 Å². The van der Waals surface area contributed by atoms with E-state index in [-0.39, 0.29) is 6.04 Å². The van der Waals surface area contributed by atoms with E-state index in [1.54, 1.807) is 11.3 Å². The Hall–Kier alpha value is -1.19. The number of nitrogens with zero attached hydrogens (tertiary/aromatic N) is 1. The van der Waals surface area contributed by atoms with E-state index in [1.165, 1.54) is 16.8 Å². The van der Waals surface area contributed by atoms with Crippen molar-refractivity contribution in [2.24, 2.45) is 0 Å². The molecular weight excluding hydrogens is 240 g/mol. The summed E-state index contributed by atoms with van der Waals surface area (Å²) in [4.78, 5) is 4.60. The second-order valence-corrected chi connectivity index (χ2v) is 5.13. The fourth-order valence-corrected chi connectivity index (χ4v) is 2.80. The second-order valence-electron chi connectivity index (χ2n) is 4.35. The van der Waals surface area contributed by atoms with Crippen LogP contribution in [0.25, 0.3) is 0 Å². The molecule has 0 aliphatic rings. The minimum atomic E-state index is 0.229. The zero-order valence-electron chi connectivity index (χ0n) is 11.0. The van der Waals surface area contributed by atoms with Gasteiger partial charge < -0.3 is 5.32 Å². The lowest BCUT2D eigenvalue weighted by molar-refractivity contribution is 0.583. The van der Waals surface area contributed by atoms with Crippen LogP contribution in [0.1, 0.15) is 43.1 Å². The Morgan fingerprint density at radius 2 is 2.22 bits per heavy atom. The van der Waals surface area contributed by atoms with Gasteiger partial charge in [0.15, 0.2) is 0 Å². The summed E-state index contributed by atoms with van der Waals surface area (Å²) in [5.41, 5.74) is 3.83. The van der Waals surface area contributed by atoms with E-state index in [1.807, 2.05) is 12.3 Å². The number of aryl methyl sites for hydroxylation is 1. The summed E-state index contributed by atoms with van der Waals surface area (Å²) in [6.45, 7) is 5.39. The monoisotopic (exact) mass is 260 g/mol. The predicted octanol–water partition coefficient (Wildman–Crippen LogP) is 3.79. The smallest absolute Gasteiger partial charge is 0.0762 e. The zero-order chi connectivity index (χ0) is 12.8. The number of nitrogens with one attached hydrogen (secondary N) is 1. The van der Waals surface area contributed by atoms with Crippen molar-refractivity contribution in [1.82, 2.24) is 10.3 Å². The quantitative estimate of drug-likeness (QED) is 0.854. The van der Waals surface area contributed by atoms with E-state index in [0.29, 0.717) is 0 Å². The summed E-state index contributed by atoms with van der Waals surface area (Å²) in [5.74, 6) is 0.